The summed E-state index contributed by atoms with van der Waals surface area (Å²) in [6, 6.07) is 9.60. The highest BCUT2D eigenvalue weighted by atomic mass is 35.5. The Labute approximate surface area is 173 Å². The van der Waals surface area contributed by atoms with Gasteiger partial charge in [0.15, 0.2) is 10.9 Å². The van der Waals surface area contributed by atoms with E-state index in [1.54, 1.807) is 6.07 Å². The quantitative estimate of drug-likeness (QED) is 0.663. The average Bonchev–Trinajstić information content (AvgIpc) is 2.64. The van der Waals surface area contributed by atoms with E-state index in [2.05, 4.69) is 27.8 Å². The van der Waals surface area contributed by atoms with E-state index < -0.39 is 0 Å². The third-order valence-corrected chi connectivity index (χ3v) is 5.53. The van der Waals surface area contributed by atoms with E-state index in [0.29, 0.717) is 27.5 Å². The smallest absolute Gasteiger partial charge is 0.172 e. The molecule has 1 aliphatic heterocycles. The van der Waals surface area contributed by atoms with Crippen molar-refractivity contribution in [2.45, 2.75) is 18.3 Å². The first-order valence-corrected chi connectivity index (χ1v) is 9.72. The number of hydrogen-bond donors (Lipinski definition) is 2. The summed E-state index contributed by atoms with van der Waals surface area (Å²) in [6.45, 7) is 2.11. The van der Waals surface area contributed by atoms with E-state index in [-0.39, 0.29) is 5.41 Å². The number of anilines is 1. The van der Waals surface area contributed by atoms with Gasteiger partial charge >= 0.3 is 0 Å². The fraction of sp³-hybridized carbons (Fsp3) is 0.333. The summed E-state index contributed by atoms with van der Waals surface area (Å²) in [4.78, 5) is 4.16. The van der Waals surface area contributed by atoms with Crippen molar-refractivity contribution in [3.8, 4) is 0 Å². The average molecular weight is 431 g/mol. The minimum atomic E-state index is -0.0637. The summed E-state index contributed by atoms with van der Waals surface area (Å²) < 4.78 is 5.56. The predicted molar refractivity (Wildman–Crippen MR) is 112 cm³/mol. The maximum Gasteiger partial charge on any atom is 0.172 e. The largest absolute Gasteiger partial charge is 0.381 e. The van der Waals surface area contributed by atoms with Gasteiger partial charge in [0, 0.05) is 36.4 Å². The number of benzene rings is 1. The zero-order valence-corrected chi connectivity index (χ0v) is 17.0. The van der Waals surface area contributed by atoms with Crippen LogP contribution in [0.15, 0.2) is 36.5 Å². The first kappa shape index (κ1) is 19.6. The van der Waals surface area contributed by atoms with Gasteiger partial charge in [-0.2, -0.15) is 0 Å². The van der Waals surface area contributed by atoms with Gasteiger partial charge in [-0.05, 0) is 48.8 Å². The molecule has 0 unspecified atom stereocenters. The van der Waals surface area contributed by atoms with Crippen molar-refractivity contribution >= 4 is 58.0 Å². The second-order valence-electron chi connectivity index (χ2n) is 6.19. The minimum absolute atomic E-state index is 0.0637. The molecule has 2 N–H and O–H groups in total. The van der Waals surface area contributed by atoms with Crippen LogP contribution in [0.5, 0.6) is 0 Å². The molecule has 1 aromatic heterocycles. The molecular formula is C18H18Cl3N3OS. The van der Waals surface area contributed by atoms with Crippen LogP contribution < -0.4 is 10.6 Å². The first-order chi connectivity index (χ1) is 12.5. The van der Waals surface area contributed by atoms with Crippen LogP contribution in [0.2, 0.25) is 15.1 Å². The molecule has 3 rings (SSSR count). The minimum Gasteiger partial charge on any atom is -0.381 e. The Morgan fingerprint density at radius 3 is 2.46 bits per heavy atom. The molecule has 0 amide bonds. The van der Waals surface area contributed by atoms with Crippen molar-refractivity contribution in [3.63, 3.8) is 0 Å². The summed E-state index contributed by atoms with van der Waals surface area (Å²) in [6.07, 6.45) is 3.33. The number of hydrogen-bond acceptors (Lipinski definition) is 3. The van der Waals surface area contributed by atoms with Gasteiger partial charge in [-0.25, -0.2) is 4.98 Å². The molecule has 0 aliphatic carbocycles. The highest BCUT2D eigenvalue weighted by Crippen LogP contribution is 2.35. The Bertz CT molecular complexity index is 780. The van der Waals surface area contributed by atoms with E-state index in [1.807, 2.05) is 12.1 Å². The summed E-state index contributed by atoms with van der Waals surface area (Å²) >= 11 is 23.5. The lowest BCUT2D eigenvalue weighted by molar-refractivity contribution is 0.0515. The fourth-order valence-corrected chi connectivity index (χ4v) is 3.76. The van der Waals surface area contributed by atoms with Crippen LogP contribution in [0.25, 0.3) is 0 Å². The van der Waals surface area contributed by atoms with Crippen LogP contribution in [0, 0.1) is 0 Å². The zero-order valence-electron chi connectivity index (χ0n) is 13.9. The molecular weight excluding hydrogens is 413 g/mol. The molecule has 0 atom stereocenters. The molecule has 0 bridgehead atoms. The van der Waals surface area contributed by atoms with Gasteiger partial charge in [-0.1, -0.05) is 46.9 Å². The van der Waals surface area contributed by atoms with Crippen molar-refractivity contribution in [1.29, 1.82) is 0 Å². The van der Waals surface area contributed by atoms with Gasteiger partial charge in [0.2, 0.25) is 0 Å². The predicted octanol–water partition coefficient (Wildman–Crippen LogP) is 5.08. The summed E-state index contributed by atoms with van der Waals surface area (Å²) in [5.41, 5.74) is 1.16. The number of halogens is 3. The monoisotopic (exact) mass is 429 g/mol. The number of rotatable bonds is 4. The topological polar surface area (TPSA) is 46.2 Å². The van der Waals surface area contributed by atoms with Gasteiger partial charge in [0.1, 0.15) is 0 Å². The van der Waals surface area contributed by atoms with Crippen LogP contribution in [-0.4, -0.2) is 29.9 Å². The molecule has 26 heavy (non-hydrogen) atoms. The van der Waals surface area contributed by atoms with E-state index in [9.17, 15) is 0 Å². The number of nitrogens with zero attached hydrogens (tertiary/aromatic N) is 1. The molecule has 0 radical (unpaired) electrons. The third-order valence-electron chi connectivity index (χ3n) is 4.53. The third kappa shape index (κ3) is 4.78. The molecule has 0 spiro atoms. The van der Waals surface area contributed by atoms with Gasteiger partial charge in [-0.3, -0.25) is 0 Å². The highest BCUT2D eigenvalue weighted by molar-refractivity contribution is 7.80. The summed E-state index contributed by atoms with van der Waals surface area (Å²) in [5.74, 6) is 0.473. The molecule has 1 aromatic carbocycles. The Hall–Kier alpha value is -1.11. The lowest BCUT2D eigenvalue weighted by Crippen LogP contribution is -2.45. The lowest BCUT2D eigenvalue weighted by Gasteiger charge is -2.38. The van der Waals surface area contributed by atoms with E-state index in [1.165, 1.54) is 11.8 Å². The molecule has 2 heterocycles. The standard InChI is InChI=1S/C18H18Cl3N3OS/c19-13-3-1-12(2-4-13)18(5-7-25-8-6-18)11-23-17(26)24-16-15(21)9-14(20)10-22-16/h1-4,9-10H,5-8,11H2,(H2,22,23,24,26). The van der Waals surface area contributed by atoms with Crippen LogP contribution in [0.1, 0.15) is 18.4 Å². The second-order valence-corrected chi connectivity index (χ2v) is 7.88. The first-order valence-electron chi connectivity index (χ1n) is 8.18. The molecule has 0 saturated carbocycles. The van der Waals surface area contributed by atoms with Crippen molar-refractivity contribution in [3.05, 3.63) is 57.2 Å². The SMILES string of the molecule is S=C(NCC1(c2ccc(Cl)cc2)CCOCC1)Nc1ncc(Cl)cc1Cl. The Balaban J connectivity index is 1.69. The second kappa shape index (κ2) is 8.72. The number of pyridine rings is 1. The van der Waals surface area contributed by atoms with Gasteiger partial charge in [0.05, 0.1) is 10.0 Å². The number of nitrogens with one attached hydrogen (secondary N) is 2. The van der Waals surface area contributed by atoms with E-state index in [0.717, 1.165) is 31.1 Å². The van der Waals surface area contributed by atoms with Crippen LogP contribution in [0.4, 0.5) is 5.82 Å². The maximum atomic E-state index is 6.13. The molecule has 2 aromatic rings. The molecule has 4 nitrogen and oxygen atoms in total. The lowest BCUT2D eigenvalue weighted by atomic mass is 9.74. The van der Waals surface area contributed by atoms with E-state index in [4.69, 9.17) is 51.8 Å². The van der Waals surface area contributed by atoms with Crippen LogP contribution in [0.3, 0.4) is 0 Å². The Kier molecular flexibility index (Phi) is 6.59. The Morgan fingerprint density at radius 1 is 1.12 bits per heavy atom. The normalized spacial score (nSPS) is 16.1. The number of ether oxygens (including phenoxy) is 1. The molecule has 138 valence electrons. The van der Waals surface area contributed by atoms with Crippen LogP contribution in [-0.2, 0) is 10.2 Å². The Morgan fingerprint density at radius 2 is 1.81 bits per heavy atom. The van der Waals surface area contributed by atoms with Crippen molar-refractivity contribution in [1.82, 2.24) is 10.3 Å². The molecule has 1 saturated heterocycles. The zero-order chi connectivity index (χ0) is 18.6. The molecule has 1 fully saturated rings. The van der Waals surface area contributed by atoms with Crippen LogP contribution >= 0.6 is 47.0 Å². The van der Waals surface area contributed by atoms with Gasteiger partial charge in [0.25, 0.3) is 0 Å². The summed E-state index contributed by atoms with van der Waals surface area (Å²) in [5, 5.41) is 8.40. The van der Waals surface area contributed by atoms with Crippen molar-refractivity contribution in [2.75, 3.05) is 25.1 Å². The maximum absolute atomic E-state index is 6.13. The number of aromatic nitrogens is 1. The molecule has 8 heteroatoms. The van der Waals surface area contributed by atoms with E-state index >= 15 is 0 Å². The van der Waals surface area contributed by atoms with Gasteiger partial charge < -0.3 is 15.4 Å². The highest BCUT2D eigenvalue weighted by Gasteiger charge is 2.34. The molecule has 1 aliphatic rings. The number of thiocarbonyl (C=S) groups is 1. The fourth-order valence-electron chi connectivity index (χ4n) is 3.04. The summed E-state index contributed by atoms with van der Waals surface area (Å²) in [7, 11) is 0. The van der Waals surface area contributed by atoms with Gasteiger partial charge in [-0.15, -0.1) is 0 Å². The van der Waals surface area contributed by atoms with Crippen molar-refractivity contribution < 1.29 is 4.74 Å². The van der Waals surface area contributed by atoms with Crippen molar-refractivity contribution in [2.24, 2.45) is 0 Å².